The number of likely N-dealkylation sites (tertiary alicyclic amines) is 1. The minimum atomic E-state index is -0.359. The molecule has 5 rings (SSSR count). The second-order valence-electron chi connectivity index (χ2n) is 10.9. The Balaban J connectivity index is 0.00000353. The van der Waals surface area contributed by atoms with Crippen molar-refractivity contribution in [2.45, 2.75) is 45.1 Å². The molecule has 1 aliphatic carbocycles. The molecule has 3 aliphatic rings. The number of hydrogen-bond donors (Lipinski definition) is 0. The van der Waals surface area contributed by atoms with Crippen molar-refractivity contribution in [3.05, 3.63) is 57.6 Å². The molecule has 3 fully saturated rings. The third-order valence-corrected chi connectivity index (χ3v) is 9.25. The van der Waals surface area contributed by atoms with Crippen LogP contribution in [-0.2, 0) is 11.3 Å². The van der Waals surface area contributed by atoms with Gasteiger partial charge in [-0.15, -0.1) is 12.4 Å². The second kappa shape index (κ2) is 13.7. The highest BCUT2D eigenvalue weighted by molar-refractivity contribution is 6.36. The van der Waals surface area contributed by atoms with Crippen molar-refractivity contribution < 1.29 is 14.0 Å². The lowest BCUT2D eigenvalue weighted by Crippen LogP contribution is -2.49. The molecule has 0 bridgehead atoms. The van der Waals surface area contributed by atoms with E-state index < -0.39 is 0 Å². The number of carbonyl (C=O) groups excluding carboxylic acids is 2. The van der Waals surface area contributed by atoms with Gasteiger partial charge >= 0.3 is 0 Å². The van der Waals surface area contributed by atoms with Gasteiger partial charge in [-0.2, -0.15) is 0 Å². The number of benzene rings is 2. The number of nitrogens with zero attached hydrogens (tertiary/aromatic N) is 3. The van der Waals surface area contributed by atoms with E-state index >= 15 is 0 Å². The molecular weight excluding hydrogens is 560 g/mol. The predicted molar refractivity (Wildman–Crippen MR) is 158 cm³/mol. The van der Waals surface area contributed by atoms with Gasteiger partial charge in [-0.05, 0) is 60.6 Å². The zero-order valence-electron chi connectivity index (χ0n) is 22.2. The predicted octanol–water partition coefficient (Wildman–Crippen LogP) is 6.74. The maximum Gasteiger partial charge on any atom is 0.253 e. The highest BCUT2D eigenvalue weighted by atomic mass is 35.5. The van der Waals surface area contributed by atoms with Gasteiger partial charge in [0.1, 0.15) is 6.67 Å². The molecule has 0 N–H and O–H groups in total. The van der Waals surface area contributed by atoms with Gasteiger partial charge in [-0.3, -0.25) is 14.5 Å². The number of hydrogen-bond acceptors (Lipinski definition) is 3. The fourth-order valence-corrected chi connectivity index (χ4v) is 6.89. The molecule has 0 radical (unpaired) electrons. The number of carbonyl (C=O) groups is 2. The molecule has 5 nitrogen and oxygen atoms in total. The maximum atomic E-state index is 13.2. The molecule has 2 heterocycles. The lowest BCUT2D eigenvalue weighted by atomic mass is 9.79. The summed E-state index contributed by atoms with van der Waals surface area (Å²) in [5.74, 6) is 0.907. The summed E-state index contributed by atoms with van der Waals surface area (Å²) in [5, 5.41) is 1.10. The summed E-state index contributed by atoms with van der Waals surface area (Å²) >= 11 is 13.4. The van der Waals surface area contributed by atoms with Crippen LogP contribution in [0.15, 0.2) is 36.4 Å². The molecule has 39 heavy (non-hydrogen) atoms. The van der Waals surface area contributed by atoms with Crippen LogP contribution >= 0.6 is 35.6 Å². The lowest BCUT2D eigenvalue weighted by molar-refractivity contribution is -0.133. The number of rotatable bonds is 7. The molecule has 0 aromatic heterocycles. The maximum absolute atomic E-state index is 13.2. The summed E-state index contributed by atoms with van der Waals surface area (Å²) in [6, 6.07) is 11.3. The molecule has 2 saturated heterocycles. The van der Waals surface area contributed by atoms with Crippen molar-refractivity contribution in [3.63, 3.8) is 0 Å². The highest BCUT2D eigenvalue weighted by Crippen LogP contribution is 2.38. The van der Waals surface area contributed by atoms with Crippen molar-refractivity contribution in [2.24, 2.45) is 11.8 Å². The molecule has 2 aliphatic heterocycles. The molecule has 212 valence electrons. The van der Waals surface area contributed by atoms with Crippen molar-refractivity contribution in [3.8, 4) is 11.1 Å². The molecule has 0 spiro atoms. The number of amides is 2. The molecule has 9 heteroatoms. The van der Waals surface area contributed by atoms with Crippen LogP contribution in [0.4, 0.5) is 4.39 Å². The van der Waals surface area contributed by atoms with Crippen molar-refractivity contribution in [2.75, 3.05) is 45.9 Å². The second-order valence-corrected chi connectivity index (χ2v) is 11.7. The summed E-state index contributed by atoms with van der Waals surface area (Å²) in [6.07, 6.45) is 7.03. The molecular formula is C30H37Cl3FN3O2. The first-order chi connectivity index (χ1) is 18.4. The largest absolute Gasteiger partial charge is 0.338 e. The average molecular weight is 597 g/mol. The van der Waals surface area contributed by atoms with Gasteiger partial charge < -0.3 is 9.80 Å². The fourth-order valence-electron chi connectivity index (χ4n) is 6.29. The SMILES string of the molecule is Cl.O=C(c1ccc(-c2cc(Cl)c(CN3CCC(C4CCCCC4)C3=O)c(Cl)c2)cc1)N1CCN(CCF)CC1. The first-order valence-corrected chi connectivity index (χ1v) is 14.6. The van der Waals surface area contributed by atoms with Gasteiger partial charge in [-0.25, -0.2) is 4.39 Å². The lowest BCUT2D eigenvalue weighted by Gasteiger charge is -2.34. The first kappa shape index (κ1) is 30.1. The van der Waals surface area contributed by atoms with Gasteiger partial charge in [0.15, 0.2) is 0 Å². The number of piperazine rings is 1. The summed E-state index contributed by atoms with van der Waals surface area (Å²) in [6.45, 7) is 3.86. The summed E-state index contributed by atoms with van der Waals surface area (Å²) in [4.78, 5) is 31.9. The van der Waals surface area contributed by atoms with Crippen LogP contribution < -0.4 is 0 Å². The van der Waals surface area contributed by atoms with Crippen LogP contribution in [0.3, 0.4) is 0 Å². The fraction of sp³-hybridized carbons (Fsp3) is 0.533. The van der Waals surface area contributed by atoms with E-state index in [0.29, 0.717) is 60.8 Å². The summed E-state index contributed by atoms with van der Waals surface area (Å²) in [7, 11) is 0. The van der Waals surface area contributed by atoms with E-state index in [2.05, 4.69) is 0 Å². The molecule has 1 unspecified atom stereocenters. The minimum Gasteiger partial charge on any atom is -0.338 e. The Bertz CT molecular complexity index is 1130. The van der Waals surface area contributed by atoms with E-state index in [-0.39, 0.29) is 36.8 Å². The average Bonchev–Trinajstić information content (AvgIpc) is 3.31. The van der Waals surface area contributed by atoms with Crippen molar-refractivity contribution in [1.82, 2.24) is 14.7 Å². The van der Waals surface area contributed by atoms with Gasteiger partial charge in [0.2, 0.25) is 5.91 Å². The number of alkyl halides is 1. The molecule has 2 aromatic rings. The Morgan fingerprint density at radius 3 is 2.13 bits per heavy atom. The van der Waals surface area contributed by atoms with E-state index in [1.807, 2.05) is 51.1 Å². The molecule has 1 saturated carbocycles. The van der Waals surface area contributed by atoms with Crippen LogP contribution in [0.25, 0.3) is 11.1 Å². The molecule has 1 atom stereocenters. The van der Waals surface area contributed by atoms with E-state index in [1.165, 1.54) is 32.1 Å². The van der Waals surface area contributed by atoms with Crippen LogP contribution in [-0.4, -0.2) is 72.5 Å². The van der Waals surface area contributed by atoms with Gasteiger partial charge in [0.25, 0.3) is 5.91 Å². The van der Waals surface area contributed by atoms with Crippen LogP contribution in [0.1, 0.15) is 54.4 Å². The Labute approximate surface area is 247 Å². The minimum absolute atomic E-state index is 0. The van der Waals surface area contributed by atoms with E-state index in [1.54, 1.807) is 0 Å². The van der Waals surface area contributed by atoms with Gasteiger partial charge in [-0.1, -0.05) is 54.6 Å². The van der Waals surface area contributed by atoms with Crippen molar-refractivity contribution in [1.29, 1.82) is 0 Å². The zero-order chi connectivity index (χ0) is 26.6. The third kappa shape index (κ3) is 6.90. The van der Waals surface area contributed by atoms with Gasteiger partial charge in [0, 0.05) is 72.9 Å². The monoisotopic (exact) mass is 595 g/mol. The topological polar surface area (TPSA) is 43.9 Å². The Hall–Kier alpha value is -1.86. The summed E-state index contributed by atoms with van der Waals surface area (Å²) < 4.78 is 12.6. The van der Waals surface area contributed by atoms with Gasteiger partial charge in [0.05, 0.1) is 0 Å². The van der Waals surface area contributed by atoms with E-state index in [9.17, 15) is 14.0 Å². The third-order valence-electron chi connectivity index (χ3n) is 8.57. The van der Waals surface area contributed by atoms with Crippen LogP contribution in [0, 0.1) is 11.8 Å². The first-order valence-electron chi connectivity index (χ1n) is 13.9. The van der Waals surface area contributed by atoms with E-state index in [4.69, 9.17) is 23.2 Å². The quantitative estimate of drug-likeness (QED) is 0.356. The Kier molecular flexibility index (Phi) is 10.6. The van der Waals surface area contributed by atoms with Crippen molar-refractivity contribution >= 4 is 47.4 Å². The highest BCUT2D eigenvalue weighted by Gasteiger charge is 2.37. The standard InChI is InChI=1S/C30H36Cl2FN3O2.ClH/c31-27-18-24(21-6-8-23(9-7-21)29(37)35-16-14-34(13-11-33)15-17-35)19-28(32)26(27)20-36-12-10-25(30(36)38)22-4-2-1-3-5-22;/h6-9,18-19,22,25H,1-5,10-17,20H2;1H. The summed E-state index contributed by atoms with van der Waals surface area (Å²) in [5.41, 5.74) is 3.20. The molecule has 2 aromatic carbocycles. The number of halogens is 4. The zero-order valence-corrected chi connectivity index (χ0v) is 24.5. The van der Waals surface area contributed by atoms with E-state index in [0.717, 1.165) is 29.7 Å². The smallest absolute Gasteiger partial charge is 0.253 e. The normalized spacial score (nSPS) is 20.8. The van der Waals surface area contributed by atoms with Crippen LogP contribution in [0.2, 0.25) is 10.0 Å². The Morgan fingerprint density at radius 2 is 1.51 bits per heavy atom. The Morgan fingerprint density at radius 1 is 0.872 bits per heavy atom. The van der Waals surface area contributed by atoms with Crippen LogP contribution in [0.5, 0.6) is 0 Å². The molecule has 2 amide bonds.